The third-order valence-electron chi connectivity index (χ3n) is 3.29. The van der Waals surface area contributed by atoms with E-state index < -0.39 is 0 Å². The van der Waals surface area contributed by atoms with E-state index >= 15 is 0 Å². The smallest absolute Gasteiger partial charge is 0.257 e. The highest BCUT2D eigenvalue weighted by Gasteiger charge is 2.12. The number of nitrogens with zero attached hydrogens (tertiary/aromatic N) is 1. The summed E-state index contributed by atoms with van der Waals surface area (Å²) in [5.74, 6) is 0.562. The normalized spacial score (nSPS) is 10.4. The molecule has 0 fully saturated rings. The number of hydrogen-bond donors (Lipinski definition) is 1. The van der Waals surface area contributed by atoms with Gasteiger partial charge in [-0.3, -0.25) is 10.1 Å². The van der Waals surface area contributed by atoms with Gasteiger partial charge in [-0.25, -0.2) is 4.98 Å². The SMILES string of the molecule is CCOc1ccccc1-c1csc(NC(=O)c2ccc(Cl)cc2)n1. The molecule has 3 aromatic rings. The van der Waals surface area contributed by atoms with Gasteiger partial charge in [-0.15, -0.1) is 11.3 Å². The van der Waals surface area contributed by atoms with Gasteiger partial charge in [0.1, 0.15) is 5.75 Å². The number of aromatic nitrogens is 1. The van der Waals surface area contributed by atoms with Gasteiger partial charge in [0.25, 0.3) is 5.91 Å². The van der Waals surface area contributed by atoms with Crippen LogP contribution in [0.5, 0.6) is 5.75 Å². The molecular formula is C18H15ClN2O2S. The van der Waals surface area contributed by atoms with Crippen LogP contribution in [0.4, 0.5) is 5.13 Å². The first-order valence-corrected chi connectivity index (χ1v) is 8.68. The van der Waals surface area contributed by atoms with Crippen LogP contribution in [0.25, 0.3) is 11.3 Å². The molecule has 1 heterocycles. The summed E-state index contributed by atoms with van der Waals surface area (Å²) in [6.07, 6.45) is 0. The van der Waals surface area contributed by atoms with Crippen LogP contribution in [0.1, 0.15) is 17.3 Å². The number of carbonyl (C=O) groups is 1. The molecule has 0 radical (unpaired) electrons. The van der Waals surface area contributed by atoms with E-state index in [2.05, 4.69) is 10.3 Å². The van der Waals surface area contributed by atoms with Crippen molar-refractivity contribution in [3.63, 3.8) is 0 Å². The minimum Gasteiger partial charge on any atom is -0.493 e. The van der Waals surface area contributed by atoms with Crippen molar-refractivity contribution in [3.05, 3.63) is 64.5 Å². The molecule has 0 spiro atoms. The number of benzene rings is 2. The zero-order valence-corrected chi connectivity index (χ0v) is 14.5. The Morgan fingerprint density at radius 3 is 2.71 bits per heavy atom. The molecule has 1 aromatic heterocycles. The second-order valence-corrected chi connectivity index (χ2v) is 6.22. The predicted molar refractivity (Wildman–Crippen MR) is 98.1 cm³/mol. The molecule has 0 bridgehead atoms. The molecule has 1 N–H and O–H groups in total. The van der Waals surface area contributed by atoms with Crippen LogP contribution in [0.15, 0.2) is 53.9 Å². The van der Waals surface area contributed by atoms with E-state index in [-0.39, 0.29) is 5.91 Å². The number of amides is 1. The minimum atomic E-state index is -0.217. The highest BCUT2D eigenvalue weighted by atomic mass is 35.5. The maximum absolute atomic E-state index is 12.2. The second kappa shape index (κ2) is 7.47. The maximum Gasteiger partial charge on any atom is 0.257 e. The molecule has 0 aliphatic heterocycles. The molecule has 0 saturated carbocycles. The molecule has 0 unspecified atom stereocenters. The van der Waals surface area contributed by atoms with Gasteiger partial charge >= 0.3 is 0 Å². The number of carbonyl (C=O) groups excluding carboxylic acids is 1. The predicted octanol–water partition coefficient (Wildman–Crippen LogP) is 5.11. The van der Waals surface area contributed by atoms with E-state index in [1.165, 1.54) is 11.3 Å². The molecule has 0 saturated heterocycles. The zero-order chi connectivity index (χ0) is 16.9. The monoisotopic (exact) mass is 358 g/mol. The standard InChI is InChI=1S/C18H15ClN2O2S/c1-2-23-16-6-4-3-5-14(16)15-11-24-18(20-15)21-17(22)12-7-9-13(19)10-8-12/h3-11H,2H2,1H3,(H,20,21,22). The van der Waals surface area contributed by atoms with Gasteiger partial charge in [-0.1, -0.05) is 23.7 Å². The number of ether oxygens (including phenoxy) is 1. The Hall–Kier alpha value is -2.37. The van der Waals surface area contributed by atoms with Crippen molar-refractivity contribution in [1.29, 1.82) is 0 Å². The summed E-state index contributed by atoms with van der Waals surface area (Å²) in [5, 5.41) is 5.83. The topological polar surface area (TPSA) is 51.2 Å². The minimum absolute atomic E-state index is 0.217. The van der Waals surface area contributed by atoms with Crippen molar-refractivity contribution in [2.24, 2.45) is 0 Å². The summed E-state index contributed by atoms with van der Waals surface area (Å²) in [5.41, 5.74) is 2.21. The molecule has 0 aliphatic rings. The van der Waals surface area contributed by atoms with Crippen LogP contribution in [-0.2, 0) is 0 Å². The van der Waals surface area contributed by atoms with Crippen LogP contribution >= 0.6 is 22.9 Å². The summed E-state index contributed by atoms with van der Waals surface area (Å²) < 4.78 is 5.63. The van der Waals surface area contributed by atoms with E-state index in [1.54, 1.807) is 24.3 Å². The van der Waals surface area contributed by atoms with Gasteiger partial charge < -0.3 is 4.74 Å². The first kappa shape index (κ1) is 16.5. The summed E-state index contributed by atoms with van der Waals surface area (Å²) in [7, 11) is 0. The Bertz CT molecular complexity index is 846. The Morgan fingerprint density at radius 2 is 1.96 bits per heavy atom. The molecule has 24 heavy (non-hydrogen) atoms. The van der Waals surface area contributed by atoms with Crippen LogP contribution in [0.3, 0.4) is 0 Å². The molecule has 2 aromatic carbocycles. The van der Waals surface area contributed by atoms with E-state index in [9.17, 15) is 4.79 Å². The molecule has 6 heteroatoms. The van der Waals surface area contributed by atoms with Gasteiger partial charge in [-0.05, 0) is 43.3 Å². The number of thiazole rings is 1. The number of anilines is 1. The Morgan fingerprint density at radius 1 is 1.21 bits per heavy atom. The average Bonchev–Trinajstić information content (AvgIpc) is 3.04. The molecular weight excluding hydrogens is 344 g/mol. The number of hydrogen-bond acceptors (Lipinski definition) is 4. The van der Waals surface area contributed by atoms with E-state index in [0.29, 0.717) is 22.3 Å². The summed E-state index contributed by atoms with van der Waals surface area (Å²) in [4.78, 5) is 16.7. The lowest BCUT2D eigenvalue weighted by Gasteiger charge is -2.07. The molecule has 0 aliphatic carbocycles. The first-order chi connectivity index (χ1) is 11.7. The zero-order valence-electron chi connectivity index (χ0n) is 13.0. The number of para-hydroxylation sites is 1. The van der Waals surface area contributed by atoms with E-state index in [1.807, 2.05) is 36.6 Å². The van der Waals surface area contributed by atoms with Crippen LogP contribution < -0.4 is 10.1 Å². The summed E-state index contributed by atoms with van der Waals surface area (Å²) in [6, 6.07) is 14.4. The van der Waals surface area contributed by atoms with Crippen molar-refractivity contribution in [2.45, 2.75) is 6.92 Å². The largest absolute Gasteiger partial charge is 0.493 e. The third-order valence-corrected chi connectivity index (χ3v) is 4.30. The highest BCUT2D eigenvalue weighted by molar-refractivity contribution is 7.14. The van der Waals surface area contributed by atoms with Crippen molar-refractivity contribution in [1.82, 2.24) is 4.98 Å². The van der Waals surface area contributed by atoms with Crippen LogP contribution in [0.2, 0.25) is 5.02 Å². The fourth-order valence-electron chi connectivity index (χ4n) is 2.19. The molecule has 3 rings (SSSR count). The quantitative estimate of drug-likeness (QED) is 0.689. The number of rotatable bonds is 5. The van der Waals surface area contributed by atoms with Gasteiger partial charge in [0.05, 0.1) is 12.3 Å². The maximum atomic E-state index is 12.2. The van der Waals surface area contributed by atoms with Gasteiger partial charge in [0, 0.05) is 21.5 Å². The van der Waals surface area contributed by atoms with E-state index in [4.69, 9.17) is 16.3 Å². The van der Waals surface area contributed by atoms with Gasteiger partial charge in [0.2, 0.25) is 0 Å². The molecule has 0 atom stereocenters. The fraction of sp³-hybridized carbons (Fsp3) is 0.111. The summed E-state index contributed by atoms with van der Waals surface area (Å²) in [6.45, 7) is 2.52. The third kappa shape index (κ3) is 3.75. The number of nitrogens with one attached hydrogen (secondary N) is 1. The highest BCUT2D eigenvalue weighted by Crippen LogP contribution is 2.32. The van der Waals surface area contributed by atoms with Gasteiger partial charge in [0.15, 0.2) is 5.13 Å². The molecule has 4 nitrogen and oxygen atoms in total. The molecule has 1 amide bonds. The second-order valence-electron chi connectivity index (χ2n) is 4.93. The Balaban J connectivity index is 1.79. The molecule has 122 valence electrons. The van der Waals surface area contributed by atoms with Crippen molar-refractivity contribution < 1.29 is 9.53 Å². The Kier molecular flexibility index (Phi) is 5.13. The lowest BCUT2D eigenvalue weighted by molar-refractivity contribution is 0.102. The first-order valence-electron chi connectivity index (χ1n) is 7.42. The number of halogens is 1. The van der Waals surface area contributed by atoms with Crippen molar-refractivity contribution in [3.8, 4) is 17.0 Å². The Labute approximate surface area is 149 Å². The van der Waals surface area contributed by atoms with Crippen molar-refractivity contribution in [2.75, 3.05) is 11.9 Å². The summed E-state index contributed by atoms with van der Waals surface area (Å²) >= 11 is 7.21. The van der Waals surface area contributed by atoms with E-state index in [0.717, 1.165) is 17.0 Å². The van der Waals surface area contributed by atoms with Crippen LogP contribution in [0, 0.1) is 0 Å². The average molecular weight is 359 g/mol. The van der Waals surface area contributed by atoms with Gasteiger partial charge in [-0.2, -0.15) is 0 Å². The van der Waals surface area contributed by atoms with Crippen LogP contribution in [-0.4, -0.2) is 17.5 Å². The lowest BCUT2D eigenvalue weighted by atomic mass is 10.1. The van der Waals surface area contributed by atoms with Crippen molar-refractivity contribution >= 4 is 34.0 Å². The lowest BCUT2D eigenvalue weighted by Crippen LogP contribution is -2.11. The fourth-order valence-corrected chi connectivity index (χ4v) is 3.02.